The third kappa shape index (κ3) is 2.92. The molecule has 1 aromatic heterocycles. The topological polar surface area (TPSA) is 127 Å². The fourth-order valence-corrected chi connectivity index (χ4v) is 3.28. The van der Waals surface area contributed by atoms with E-state index in [9.17, 15) is 14.4 Å². The van der Waals surface area contributed by atoms with Crippen molar-refractivity contribution in [2.75, 3.05) is 16.8 Å². The van der Waals surface area contributed by atoms with Crippen LogP contribution in [-0.2, 0) is 4.79 Å². The Morgan fingerprint density at radius 2 is 2.05 bits per heavy atom. The van der Waals surface area contributed by atoms with Crippen LogP contribution in [0.1, 0.15) is 20.7 Å². The molecule has 1 aliphatic heterocycles. The minimum atomic E-state index is -0.463. The minimum Gasteiger partial charge on any atom is -0.374 e. The number of anilines is 2. The highest BCUT2D eigenvalue weighted by Crippen LogP contribution is 2.24. The lowest BCUT2D eigenvalue weighted by molar-refractivity contribution is -0.113. The van der Waals surface area contributed by atoms with E-state index in [-0.39, 0.29) is 17.2 Å². The van der Waals surface area contributed by atoms with Gasteiger partial charge in [0.15, 0.2) is 4.34 Å². The average molecular weight is 335 g/mol. The molecule has 2 aromatic rings. The summed E-state index contributed by atoms with van der Waals surface area (Å²) in [6, 6.07) is 4.55. The molecule has 1 aromatic carbocycles. The van der Waals surface area contributed by atoms with Crippen LogP contribution in [0.2, 0.25) is 0 Å². The molecule has 0 aliphatic carbocycles. The summed E-state index contributed by atoms with van der Waals surface area (Å²) in [6.45, 7) is 0. The van der Waals surface area contributed by atoms with Gasteiger partial charge in [-0.15, -0.1) is 10.2 Å². The first kappa shape index (κ1) is 14.5. The van der Waals surface area contributed by atoms with Gasteiger partial charge in [-0.25, -0.2) is 0 Å². The van der Waals surface area contributed by atoms with E-state index in [1.54, 1.807) is 6.07 Å². The standard InChI is InChI=1S/C12H9N5O3S2/c13-11-16-17-12(22-11)21-4-8(18)14-5-1-2-6-7(3-5)10(20)15-9(6)19/h1-3H,4H2,(H2,13,16)(H,14,18)(H,15,19,20). The molecule has 0 radical (unpaired) electrons. The smallest absolute Gasteiger partial charge is 0.259 e. The van der Waals surface area contributed by atoms with E-state index >= 15 is 0 Å². The molecule has 112 valence electrons. The molecule has 1 aliphatic rings. The minimum absolute atomic E-state index is 0.136. The normalized spacial score (nSPS) is 12.9. The Morgan fingerprint density at radius 1 is 1.27 bits per heavy atom. The third-order valence-corrected chi connectivity index (χ3v) is 4.65. The van der Waals surface area contributed by atoms with E-state index < -0.39 is 11.8 Å². The van der Waals surface area contributed by atoms with Gasteiger partial charge in [-0.3, -0.25) is 19.7 Å². The predicted molar refractivity (Wildman–Crippen MR) is 81.9 cm³/mol. The van der Waals surface area contributed by atoms with Crippen molar-refractivity contribution >= 4 is 51.6 Å². The van der Waals surface area contributed by atoms with E-state index in [0.29, 0.717) is 20.7 Å². The number of aromatic nitrogens is 2. The number of amides is 3. The molecule has 8 nitrogen and oxygen atoms in total. The Hall–Kier alpha value is -2.46. The van der Waals surface area contributed by atoms with E-state index in [4.69, 9.17) is 5.73 Å². The van der Waals surface area contributed by atoms with Crippen LogP contribution < -0.4 is 16.4 Å². The van der Waals surface area contributed by atoms with Gasteiger partial charge in [0.2, 0.25) is 11.0 Å². The monoisotopic (exact) mass is 335 g/mol. The number of rotatable bonds is 4. The van der Waals surface area contributed by atoms with Gasteiger partial charge in [0, 0.05) is 5.69 Å². The fourth-order valence-electron chi connectivity index (χ4n) is 1.85. The van der Waals surface area contributed by atoms with E-state index in [1.807, 2.05) is 0 Å². The molecule has 0 saturated carbocycles. The van der Waals surface area contributed by atoms with Crippen molar-refractivity contribution < 1.29 is 14.4 Å². The van der Waals surface area contributed by atoms with Crippen LogP contribution in [0.25, 0.3) is 0 Å². The zero-order valence-electron chi connectivity index (χ0n) is 11.0. The predicted octanol–water partition coefficient (Wildman–Crippen LogP) is 0.735. The van der Waals surface area contributed by atoms with Gasteiger partial charge < -0.3 is 11.1 Å². The second kappa shape index (κ2) is 5.73. The summed E-state index contributed by atoms with van der Waals surface area (Å²) < 4.78 is 0.603. The number of benzene rings is 1. The molecule has 0 unspecified atom stereocenters. The van der Waals surface area contributed by atoms with Gasteiger partial charge in [-0.2, -0.15) is 0 Å². The zero-order chi connectivity index (χ0) is 15.7. The lowest BCUT2D eigenvalue weighted by Gasteiger charge is -2.05. The summed E-state index contributed by atoms with van der Waals surface area (Å²) in [4.78, 5) is 34.8. The Balaban J connectivity index is 1.63. The maximum atomic E-state index is 11.9. The van der Waals surface area contributed by atoms with E-state index in [0.717, 1.165) is 0 Å². The lowest BCUT2D eigenvalue weighted by atomic mass is 10.1. The molecule has 0 atom stereocenters. The van der Waals surface area contributed by atoms with Gasteiger partial charge in [-0.1, -0.05) is 23.1 Å². The molecule has 0 fully saturated rings. The lowest BCUT2D eigenvalue weighted by Crippen LogP contribution is -2.19. The van der Waals surface area contributed by atoms with Crippen molar-refractivity contribution in [1.29, 1.82) is 0 Å². The van der Waals surface area contributed by atoms with Crippen molar-refractivity contribution in [3.8, 4) is 0 Å². The number of thioether (sulfide) groups is 1. The summed E-state index contributed by atoms with van der Waals surface area (Å²) in [7, 11) is 0. The number of fused-ring (bicyclic) bond motifs is 1. The Kier molecular flexibility index (Phi) is 3.77. The maximum absolute atomic E-state index is 11.9. The zero-order valence-corrected chi connectivity index (χ0v) is 12.6. The fraction of sp³-hybridized carbons (Fsp3) is 0.0833. The van der Waals surface area contributed by atoms with Crippen molar-refractivity contribution in [2.24, 2.45) is 0 Å². The maximum Gasteiger partial charge on any atom is 0.259 e. The molecule has 2 heterocycles. The van der Waals surface area contributed by atoms with Gasteiger partial charge in [0.1, 0.15) is 0 Å². The SMILES string of the molecule is Nc1nnc(SCC(=O)Nc2ccc3c(c2)C(=O)NC3=O)s1. The number of nitrogen functional groups attached to an aromatic ring is 1. The van der Waals surface area contributed by atoms with Gasteiger partial charge >= 0.3 is 0 Å². The number of carbonyl (C=O) groups is 3. The third-order valence-electron chi connectivity index (χ3n) is 2.77. The quantitative estimate of drug-likeness (QED) is 0.555. The number of nitrogens with zero attached hydrogens (tertiary/aromatic N) is 2. The van der Waals surface area contributed by atoms with Gasteiger partial charge in [0.05, 0.1) is 16.9 Å². The number of hydrogen-bond acceptors (Lipinski definition) is 8. The summed E-state index contributed by atoms with van der Waals surface area (Å²) in [5.41, 5.74) is 6.46. The first-order valence-electron chi connectivity index (χ1n) is 6.04. The molecule has 4 N–H and O–H groups in total. The van der Waals surface area contributed by atoms with Crippen LogP contribution in [0.5, 0.6) is 0 Å². The molecule has 3 rings (SSSR count). The van der Waals surface area contributed by atoms with E-state index in [1.165, 1.54) is 35.2 Å². The van der Waals surface area contributed by atoms with Gasteiger partial charge in [0.25, 0.3) is 11.8 Å². The first-order valence-corrected chi connectivity index (χ1v) is 7.84. The molecule has 0 saturated heterocycles. The highest BCUT2D eigenvalue weighted by Gasteiger charge is 2.26. The van der Waals surface area contributed by atoms with Crippen LogP contribution in [0.4, 0.5) is 10.8 Å². The van der Waals surface area contributed by atoms with Crippen molar-refractivity contribution in [3.63, 3.8) is 0 Å². The second-order valence-electron chi connectivity index (χ2n) is 4.29. The molecular formula is C12H9N5O3S2. The van der Waals surface area contributed by atoms with E-state index in [2.05, 4.69) is 20.8 Å². The molecule has 22 heavy (non-hydrogen) atoms. The summed E-state index contributed by atoms with van der Waals surface area (Å²) in [5.74, 6) is -1.02. The van der Waals surface area contributed by atoms with Crippen molar-refractivity contribution in [2.45, 2.75) is 4.34 Å². The Labute approximate surface area is 132 Å². The van der Waals surface area contributed by atoms with Crippen LogP contribution >= 0.6 is 23.1 Å². The van der Waals surface area contributed by atoms with Crippen LogP contribution in [0.15, 0.2) is 22.5 Å². The number of carbonyl (C=O) groups excluding carboxylic acids is 3. The second-order valence-corrected chi connectivity index (χ2v) is 6.52. The van der Waals surface area contributed by atoms with Crippen LogP contribution in [-0.4, -0.2) is 33.7 Å². The first-order chi connectivity index (χ1) is 10.5. The van der Waals surface area contributed by atoms with Gasteiger partial charge in [-0.05, 0) is 18.2 Å². The van der Waals surface area contributed by atoms with Crippen LogP contribution in [0.3, 0.4) is 0 Å². The number of hydrogen-bond donors (Lipinski definition) is 3. The summed E-state index contributed by atoms with van der Waals surface area (Å²) in [5, 5.41) is 12.6. The van der Waals surface area contributed by atoms with Crippen LogP contribution in [0, 0.1) is 0 Å². The summed E-state index contributed by atoms with van der Waals surface area (Å²) >= 11 is 2.42. The molecule has 0 bridgehead atoms. The number of imide groups is 1. The largest absolute Gasteiger partial charge is 0.374 e. The Morgan fingerprint density at radius 3 is 2.77 bits per heavy atom. The van der Waals surface area contributed by atoms with Crippen molar-refractivity contribution in [3.05, 3.63) is 29.3 Å². The molecule has 10 heteroatoms. The molecule has 0 spiro atoms. The molecule has 3 amide bonds. The average Bonchev–Trinajstić information content (AvgIpc) is 3.01. The number of nitrogens with two attached hydrogens (primary N) is 1. The highest BCUT2D eigenvalue weighted by atomic mass is 32.2. The Bertz CT molecular complexity index is 789. The highest BCUT2D eigenvalue weighted by molar-refractivity contribution is 8.01. The molecular weight excluding hydrogens is 326 g/mol. The number of nitrogens with one attached hydrogen (secondary N) is 2. The van der Waals surface area contributed by atoms with Crippen molar-refractivity contribution in [1.82, 2.24) is 15.5 Å². The summed E-state index contributed by atoms with van der Waals surface area (Å²) in [6.07, 6.45) is 0.